The average Bonchev–Trinajstić information content (AvgIpc) is 2.30. The van der Waals surface area contributed by atoms with Crippen molar-refractivity contribution in [2.24, 2.45) is 0 Å². The van der Waals surface area contributed by atoms with E-state index in [9.17, 15) is 0 Å². The highest BCUT2D eigenvalue weighted by molar-refractivity contribution is 5.90. The van der Waals surface area contributed by atoms with Crippen LogP contribution in [0.1, 0.15) is 53.3 Å². The lowest BCUT2D eigenvalue weighted by atomic mass is 9.87. The van der Waals surface area contributed by atoms with Crippen molar-refractivity contribution >= 4 is 10.9 Å². The minimum atomic E-state index is 0.475. The Kier molecular flexibility index (Phi) is 3.14. The molecule has 0 bridgehead atoms. The highest BCUT2D eigenvalue weighted by Gasteiger charge is 2.17. The van der Waals surface area contributed by atoms with E-state index in [0.717, 1.165) is 11.2 Å². The Morgan fingerprint density at radius 1 is 0.722 bits per heavy atom. The summed E-state index contributed by atoms with van der Waals surface area (Å²) in [6.45, 7) is 15.3. The summed E-state index contributed by atoms with van der Waals surface area (Å²) in [7, 11) is 0. The lowest BCUT2D eigenvalue weighted by Gasteiger charge is -2.19. The number of nitrogens with zero attached hydrogens (tertiary/aromatic N) is 2. The van der Waals surface area contributed by atoms with E-state index in [1.807, 2.05) is 6.92 Å². The van der Waals surface area contributed by atoms with Crippen molar-refractivity contribution < 1.29 is 0 Å². The Labute approximate surface area is 109 Å². The summed E-state index contributed by atoms with van der Waals surface area (Å²) in [5.41, 5.74) is 8.85. The van der Waals surface area contributed by atoms with Gasteiger partial charge in [-0.2, -0.15) is 5.10 Å². The predicted molar refractivity (Wildman–Crippen MR) is 77.3 cm³/mol. The van der Waals surface area contributed by atoms with E-state index in [1.165, 1.54) is 33.2 Å². The molecule has 96 valence electrons. The normalized spacial score (nSPS) is 11.6. The molecule has 0 fully saturated rings. The molecule has 2 rings (SSSR count). The summed E-state index contributed by atoms with van der Waals surface area (Å²) in [4.78, 5) is 0. The van der Waals surface area contributed by atoms with E-state index in [4.69, 9.17) is 0 Å². The smallest absolute Gasteiger partial charge is 0.0972 e. The monoisotopic (exact) mass is 242 g/mol. The molecule has 1 aromatic heterocycles. The van der Waals surface area contributed by atoms with Gasteiger partial charge in [0.25, 0.3) is 0 Å². The number of benzene rings is 1. The predicted octanol–water partition coefficient (Wildman–Crippen LogP) is 4.30. The van der Waals surface area contributed by atoms with E-state index in [0.29, 0.717) is 5.92 Å². The molecule has 0 unspecified atom stereocenters. The maximum absolute atomic E-state index is 4.48. The zero-order valence-corrected chi connectivity index (χ0v) is 12.5. The Balaban J connectivity index is 3.07. The van der Waals surface area contributed by atoms with Gasteiger partial charge in [-0.3, -0.25) is 0 Å². The van der Waals surface area contributed by atoms with Gasteiger partial charge in [0, 0.05) is 5.39 Å². The van der Waals surface area contributed by atoms with Gasteiger partial charge in [-0.15, -0.1) is 5.10 Å². The molecule has 2 heteroatoms. The summed E-state index contributed by atoms with van der Waals surface area (Å²) in [5, 5.41) is 10.1. The number of fused-ring (bicyclic) bond motifs is 1. The average molecular weight is 242 g/mol. The molecule has 0 aliphatic carbocycles. The highest BCUT2D eigenvalue weighted by atomic mass is 15.1. The summed E-state index contributed by atoms with van der Waals surface area (Å²) in [6.07, 6.45) is 0. The van der Waals surface area contributed by atoms with Crippen LogP contribution in [0.15, 0.2) is 0 Å². The molecule has 0 saturated carbocycles. The summed E-state index contributed by atoms with van der Waals surface area (Å²) in [5.74, 6) is 0.475. The van der Waals surface area contributed by atoms with Crippen LogP contribution < -0.4 is 0 Å². The van der Waals surface area contributed by atoms with Crippen molar-refractivity contribution in [2.75, 3.05) is 0 Å². The maximum Gasteiger partial charge on any atom is 0.0972 e. The van der Waals surface area contributed by atoms with Gasteiger partial charge in [-0.05, 0) is 68.4 Å². The first kappa shape index (κ1) is 13.0. The standard InChI is InChI=1S/C16H22N2/c1-8(2)14-10(4)9(3)11(5)15-12(6)13(7)17-18-16(14)15/h8H,1-7H3. The lowest BCUT2D eigenvalue weighted by Crippen LogP contribution is -2.05. The number of aryl methyl sites for hydroxylation is 3. The maximum atomic E-state index is 4.48. The molecule has 0 radical (unpaired) electrons. The zero-order valence-electron chi connectivity index (χ0n) is 12.5. The van der Waals surface area contributed by atoms with Crippen LogP contribution >= 0.6 is 0 Å². The number of hydrogen-bond donors (Lipinski definition) is 0. The van der Waals surface area contributed by atoms with Gasteiger partial charge in [-0.25, -0.2) is 0 Å². The van der Waals surface area contributed by atoms with E-state index in [1.54, 1.807) is 0 Å². The van der Waals surface area contributed by atoms with Crippen molar-refractivity contribution in [1.29, 1.82) is 0 Å². The lowest BCUT2D eigenvalue weighted by molar-refractivity contribution is 0.851. The van der Waals surface area contributed by atoms with Crippen LogP contribution in [0.3, 0.4) is 0 Å². The van der Waals surface area contributed by atoms with Gasteiger partial charge in [-0.1, -0.05) is 13.8 Å². The molecule has 0 aliphatic rings. The third kappa shape index (κ3) is 1.71. The SMILES string of the molecule is Cc1nnc2c(C(C)C)c(C)c(C)c(C)c2c1C. The fourth-order valence-electron chi connectivity index (χ4n) is 2.81. The second-order valence-corrected chi connectivity index (χ2v) is 5.58. The largest absolute Gasteiger partial charge is 0.155 e. The molecule has 1 aromatic carbocycles. The van der Waals surface area contributed by atoms with Gasteiger partial charge < -0.3 is 0 Å². The zero-order chi connectivity index (χ0) is 13.6. The van der Waals surface area contributed by atoms with Crippen molar-refractivity contribution in [1.82, 2.24) is 10.2 Å². The van der Waals surface area contributed by atoms with E-state index < -0.39 is 0 Å². The van der Waals surface area contributed by atoms with Gasteiger partial charge in [0.15, 0.2) is 0 Å². The molecule has 0 spiro atoms. The Morgan fingerprint density at radius 3 is 1.89 bits per heavy atom. The van der Waals surface area contributed by atoms with Gasteiger partial charge in [0.2, 0.25) is 0 Å². The second-order valence-electron chi connectivity index (χ2n) is 5.58. The van der Waals surface area contributed by atoms with Crippen molar-refractivity contribution in [3.8, 4) is 0 Å². The number of hydrogen-bond acceptors (Lipinski definition) is 2. The molecular formula is C16H22N2. The highest BCUT2D eigenvalue weighted by Crippen LogP contribution is 2.34. The minimum absolute atomic E-state index is 0.475. The molecule has 0 amide bonds. The van der Waals surface area contributed by atoms with Crippen LogP contribution in [-0.4, -0.2) is 10.2 Å². The summed E-state index contributed by atoms with van der Waals surface area (Å²) < 4.78 is 0. The van der Waals surface area contributed by atoms with Gasteiger partial charge in [0.1, 0.15) is 0 Å². The first-order chi connectivity index (χ1) is 8.36. The topological polar surface area (TPSA) is 25.8 Å². The van der Waals surface area contributed by atoms with Crippen molar-refractivity contribution in [3.05, 3.63) is 33.5 Å². The quantitative estimate of drug-likeness (QED) is 0.745. The van der Waals surface area contributed by atoms with Crippen LogP contribution in [0, 0.1) is 34.6 Å². The molecule has 2 aromatic rings. The minimum Gasteiger partial charge on any atom is -0.155 e. The van der Waals surface area contributed by atoms with Crippen LogP contribution in [0.5, 0.6) is 0 Å². The van der Waals surface area contributed by atoms with E-state index >= 15 is 0 Å². The van der Waals surface area contributed by atoms with Crippen LogP contribution in [-0.2, 0) is 0 Å². The Bertz CT molecular complexity index is 625. The fraction of sp³-hybridized carbons (Fsp3) is 0.500. The Morgan fingerprint density at radius 2 is 1.33 bits per heavy atom. The third-order valence-electron chi connectivity index (χ3n) is 4.19. The molecule has 0 aliphatic heterocycles. The van der Waals surface area contributed by atoms with Crippen LogP contribution in [0.4, 0.5) is 0 Å². The first-order valence-corrected chi connectivity index (χ1v) is 6.59. The van der Waals surface area contributed by atoms with Crippen LogP contribution in [0.25, 0.3) is 10.9 Å². The van der Waals surface area contributed by atoms with E-state index in [2.05, 4.69) is 51.7 Å². The molecule has 0 saturated heterocycles. The third-order valence-corrected chi connectivity index (χ3v) is 4.19. The molecule has 0 atom stereocenters. The summed E-state index contributed by atoms with van der Waals surface area (Å²) >= 11 is 0. The van der Waals surface area contributed by atoms with Crippen molar-refractivity contribution in [3.63, 3.8) is 0 Å². The second kappa shape index (κ2) is 4.34. The summed E-state index contributed by atoms with van der Waals surface area (Å²) in [6, 6.07) is 0. The number of aromatic nitrogens is 2. The molecule has 2 nitrogen and oxygen atoms in total. The Hall–Kier alpha value is -1.44. The molecule has 1 heterocycles. The molecular weight excluding hydrogens is 220 g/mol. The first-order valence-electron chi connectivity index (χ1n) is 6.59. The fourth-order valence-corrected chi connectivity index (χ4v) is 2.81. The van der Waals surface area contributed by atoms with Crippen LogP contribution in [0.2, 0.25) is 0 Å². The molecule has 18 heavy (non-hydrogen) atoms. The van der Waals surface area contributed by atoms with Gasteiger partial charge >= 0.3 is 0 Å². The molecule has 0 N–H and O–H groups in total. The van der Waals surface area contributed by atoms with Crippen molar-refractivity contribution in [2.45, 2.75) is 54.4 Å². The van der Waals surface area contributed by atoms with Gasteiger partial charge in [0.05, 0.1) is 11.2 Å². The number of rotatable bonds is 1. The van der Waals surface area contributed by atoms with E-state index in [-0.39, 0.29) is 0 Å².